The molecule has 1 fully saturated rings. The molecule has 1 N–H and O–H groups in total. The largest absolute Gasteiger partial charge is 0.496 e. The number of rotatable bonds is 5. The highest BCUT2D eigenvalue weighted by Gasteiger charge is 2.30. The lowest BCUT2D eigenvalue weighted by Gasteiger charge is -2.34. The Hall–Kier alpha value is -2.37. The zero-order valence-corrected chi connectivity index (χ0v) is 15.2. The fourth-order valence-electron chi connectivity index (χ4n) is 3.32. The third-order valence-corrected chi connectivity index (χ3v) is 4.71. The summed E-state index contributed by atoms with van der Waals surface area (Å²) in [5, 5.41) is 7.35. The quantitative estimate of drug-likeness (QED) is 0.905. The van der Waals surface area contributed by atoms with Crippen LogP contribution in [0.5, 0.6) is 5.75 Å². The molecule has 134 valence electrons. The van der Waals surface area contributed by atoms with Crippen LogP contribution in [0.2, 0.25) is 0 Å². The van der Waals surface area contributed by atoms with Crippen LogP contribution in [0, 0.1) is 0 Å². The van der Waals surface area contributed by atoms with Gasteiger partial charge in [0.25, 0.3) is 0 Å². The van der Waals surface area contributed by atoms with Gasteiger partial charge in [0.15, 0.2) is 5.82 Å². The van der Waals surface area contributed by atoms with Gasteiger partial charge in [-0.2, -0.15) is 5.10 Å². The standard InChI is InChI=1S/C19H26N4O2/c1-13(2)18-20-19(22-21-18)15-9-6-7-11-23(15)17(24)12-14-8-4-5-10-16(14)25-3/h4-5,8,10,13,15H,6-7,9,11-12H2,1-3H3,(H,20,21,22)/t15-/m0/s1. The molecule has 6 heteroatoms. The molecule has 0 unspecified atom stereocenters. The molecule has 1 atom stereocenters. The number of piperidine rings is 1. The Morgan fingerprint density at radius 1 is 1.36 bits per heavy atom. The Morgan fingerprint density at radius 2 is 2.16 bits per heavy atom. The van der Waals surface area contributed by atoms with E-state index in [1.807, 2.05) is 29.2 Å². The summed E-state index contributed by atoms with van der Waals surface area (Å²) in [6.45, 7) is 4.90. The van der Waals surface area contributed by atoms with Gasteiger partial charge in [-0.05, 0) is 25.3 Å². The van der Waals surface area contributed by atoms with E-state index in [1.54, 1.807) is 7.11 Å². The summed E-state index contributed by atoms with van der Waals surface area (Å²) >= 11 is 0. The smallest absolute Gasteiger partial charge is 0.227 e. The first-order valence-corrected chi connectivity index (χ1v) is 8.93. The highest BCUT2D eigenvalue weighted by atomic mass is 16.5. The van der Waals surface area contributed by atoms with Gasteiger partial charge in [0.2, 0.25) is 5.91 Å². The molecule has 2 aromatic rings. The van der Waals surface area contributed by atoms with Crippen molar-refractivity contribution >= 4 is 5.91 Å². The molecule has 1 amide bonds. The zero-order valence-electron chi connectivity index (χ0n) is 15.2. The van der Waals surface area contributed by atoms with Gasteiger partial charge in [-0.3, -0.25) is 9.89 Å². The predicted molar refractivity (Wildman–Crippen MR) is 95.5 cm³/mol. The monoisotopic (exact) mass is 342 g/mol. The molecular weight excluding hydrogens is 316 g/mol. The van der Waals surface area contributed by atoms with Crippen LogP contribution in [0.25, 0.3) is 0 Å². The number of H-pyrrole nitrogens is 1. The number of nitrogens with one attached hydrogen (secondary N) is 1. The fourth-order valence-corrected chi connectivity index (χ4v) is 3.32. The van der Waals surface area contributed by atoms with E-state index in [0.717, 1.165) is 48.8 Å². The van der Waals surface area contributed by atoms with Gasteiger partial charge >= 0.3 is 0 Å². The van der Waals surface area contributed by atoms with Gasteiger partial charge in [0, 0.05) is 18.0 Å². The van der Waals surface area contributed by atoms with E-state index in [9.17, 15) is 4.79 Å². The summed E-state index contributed by atoms with van der Waals surface area (Å²) in [4.78, 5) is 19.5. The Kier molecular flexibility index (Phi) is 5.36. The van der Waals surface area contributed by atoms with E-state index >= 15 is 0 Å². The SMILES string of the molecule is COc1ccccc1CC(=O)N1CCCC[C@H]1c1nc(C(C)C)n[nH]1. The second-order valence-corrected chi connectivity index (χ2v) is 6.82. The average Bonchev–Trinajstić information content (AvgIpc) is 3.12. The number of benzene rings is 1. The number of hydrogen-bond acceptors (Lipinski definition) is 4. The molecule has 25 heavy (non-hydrogen) atoms. The van der Waals surface area contributed by atoms with Crippen molar-refractivity contribution in [3.63, 3.8) is 0 Å². The average molecular weight is 342 g/mol. The van der Waals surface area contributed by atoms with Gasteiger partial charge in [-0.25, -0.2) is 4.98 Å². The summed E-state index contributed by atoms with van der Waals surface area (Å²) in [7, 11) is 1.63. The maximum absolute atomic E-state index is 13.0. The minimum atomic E-state index is -0.0176. The highest BCUT2D eigenvalue weighted by molar-refractivity contribution is 5.80. The minimum absolute atomic E-state index is 0.0176. The molecule has 1 aliphatic rings. The van der Waals surface area contributed by atoms with Crippen molar-refractivity contribution in [3.8, 4) is 5.75 Å². The molecule has 1 aliphatic heterocycles. The van der Waals surface area contributed by atoms with E-state index < -0.39 is 0 Å². The lowest BCUT2D eigenvalue weighted by molar-refractivity contribution is -0.134. The van der Waals surface area contributed by atoms with Crippen molar-refractivity contribution < 1.29 is 9.53 Å². The number of para-hydroxylation sites is 1. The summed E-state index contributed by atoms with van der Waals surface area (Å²) in [5.41, 5.74) is 0.916. The summed E-state index contributed by atoms with van der Waals surface area (Å²) in [6, 6.07) is 7.67. The van der Waals surface area contributed by atoms with E-state index in [2.05, 4.69) is 29.0 Å². The summed E-state index contributed by atoms with van der Waals surface area (Å²) in [6.07, 6.45) is 3.39. The molecule has 0 radical (unpaired) electrons. The van der Waals surface area contributed by atoms with E-state index in [-0.39, 0.29) is 17.9 Å². The minimum Gasteiger partial charge on any atom is -0.496 e. The summed E-state index contributed by atoms with van der Waals surface area (Å²) < 4.78 is 5.38. The number of aromatic nitrogens is 3. The molecule has 0 spiro atoms. The number of carbonyl (C=O) groups excluding carboxylic acids is 1. The molecule has 6 nitrogen and oxygen atoms in total. The van der Waals surface area contributed by atoms with Crippen molar-refractivity contribution in [2.24, 2.45) is 0 Å². The van der Waals surface area contributed by atoms with Crippen LogP contribution in [0.3, 0.4) is 0 Å². The Labute approximate surface area is 148 Å². The van der Waals surface area contributed by atoms with Crippen LogP contribution in [-0.2, 0) is 11.2 Å². The third-order valence-electron chi connectivity index (χ3n) is 4.71. The van der Waals surface area contributed by atoms with Crippen molar-refractivity contribution in [2.75, 3.05) is 13.7 Å². The zero-order chi connectivity index (χ0) is 17.8. The van der Waals surface area contributed by atoms with Crippen LogP contribution < -0.4 is 4.74 Å². The molecule has 0 bridgehead atoms. The predicted octanol–water partition coefficient (Wildman–Crippen LogP) is 3.23. The first kappa shape index (κ1) is 17.5. The van der Waals surface area contributed by atoms with E-state index in [0.29, 0.717) is 6.42 Å². The van der Waals surface area contributed by atoms with Gasteiger partial charge in [0.1, 0.15) is 11.6 Å². The first-order chi connectivity index (χ1) is 12.1. The molecule has 1 saturated heterocycles. The number of likely N-dealkylation sites (tertiary alicyclic amines) is 1. The van der Waals surface area contributed by atoms with Crippen LogP contribution >= 0.6 is 0 Å². The normalized spacial score (nSPS) is 17.8. The van der Waals surface area contributed by atoms with E-state index in [4.69, 9.17) is 4.74 Å². The topological polar surface area (TPSA) is 71.1 Å². The molecule has 0 saturated carbocycles. The Balaban J connectivity index is 1.79. The molecule has 1 aromatic heterocycles. The fraction of sp³-hybridized carbons (Fsp3) is 0.526. The number of carbonyl (C=O) groups is 1. The maximum Gasteiger partial charge on any atom is 0.227 e. The number of ether oxygens (including phenoxy) is 1. The third kappa shape index (κ3) is 3.83. The number of amides is 1. The molecule has 3 rings (SSSR count). The van der Waals surface area contributed by atoms with Crippen molar-refractivity contribution in [2.45, 2.75) is 51.5 Å². The molecule has 2 heterocycles. The van der Waals surface area contributed by atoms with Crippen molar-refractivity contribution in [1.82, 2.24) is 20.1 Å². The number of hydrogen-bond donors (Lipinski definition) is 1. The van der Waals surface area contributed by atoms with Crippen LogP contribution in [-0.4, -0.2) is 39.6 Å². The second kappa shape index (κ2) is 7.68. The molecule has 1 aromatic carbocycles. The van der Waals surface area contributed by atoms with Crippen LogP contribution in [0.4, 0.5) is 0 Å². The Bertz CT molecular complexity index is 726. The lowest BCUT2D eigenvalue weighted by Crippen LogP contribution is -2.40. The highest BCUT2D eigenvalue weighted by Crippen LogP contribution is 2.30. The van der Waals surface area contributed by atoms with Crippen LogP contribution in [0.1, 0.15) is 62.3 Å². The molecule has 0 aliphatic carbocycles. The molecular formula is C19H26N4O2. The Morgan fingerprint density at radius 3 is 2.88 bits per heavy atom. The van der Waals surface area contributed by atoms with Gasteiger partial charge in [-0.1, -0.05) is 32.0 Å². The first-order valence-electron chi connectivity index (χ1n) is 8.93. The number of methoxy groups -OCH3 is 1. The number of aromatic amines is 1. The van der Waals surface area contributed by atoms with Crippen LogP contribution in [0.15, 0.2) is 24.3 Å². The lowest BCUT2D eigenvalue weighted by atomic mass is 10.00. The van der Waals surface area contributed by atoms with Crippen molar-refractivity contribution in [3.05, 3.63) is 41.5 Å². The maximum atomic E-state index is 13.0. The summed E-state index contributed by atoms with van der Waals surface area (Å²) in [5.74, 6) is 2.74. The van der Waals surface area contributed by atoms with Gasteiger partial charge in [-0.15, -0.1) is 0 Å². The van der Waals surface area contributed by atoms with Crippen molar-refractivity contribution in [1.29, 1.82) is 0 Å². The van der Waals surface area contributed by atoms with Gasteiger partial charge < -0.3 is 9.64 Å². The van der Waals surface area contributed by atoms with Gasteiger partial charge in [0.05, 0.1) is 19.6 Å². The second-order valence-electron chi connectivity index (χ2n) is 6.82. The number of nitrogens with zero attached hydrogens (tertiary/aromatic N) is 3. The van der Waals surface area contributed by atoms with E-state index in [1.165, 1.54) is 0 Å².